The topological polar surface area (TPSA) is 79.3 Å². The van der Waals surface area contributed by atoms with Crippen LogP contribution in [0.4, 0.5) is 4.39 Å². The van der Waals surface area contributed by atoms with E-state index >= 15 is 0 Å². The van der Waals surface area contributed by atoms with E-state index in [9.17, 15) is 19.1 Å². The van der Waals surface area contributed by atoms with Gasteiger partial charge in [0.2, 0.25) is 0 Å². The van der Waals surface area contributed by atoms with Gasteiger partial charge in [0.05, 0.1) is 5.01 Å². The van der Waals surface area contributed by atoms with Gasteiger partial charge in [-0.1, -0.05) is 19.1 Å². The Labute approximate surface area is 130 Å². The maximum Gasteiger partial charge on any atom is 0.330 e. The average molecular weight is 322 g/mol. The smallest absolute Gasteiger partial charge is 0.330 e. The van der Waals surface area contributed by atoms with E-state index in [1.807, 2.05) is 6.92 Å². The number of aromatic nitrogens is 1. The monoisotopic (exact) mass is 322 g/mol. The lowest BCUT2D eigenvalue weighted by molar-refractivity contribution is -0.139. The van der Waals surface area contributed by atoms with Crippen LogP contribution in [0.5, 0.6) is 0 Å². The Bertz CT molecular complexity index is 670. The number of amides is 1. The summed E-state index contributed by atoms with van der Waals surface area (Å²) in [5, 5.41) is 14.1. The van der Waals surface area contributed by atoms with Crippen molar-refractivity contribution >= 4 is 23.2 Å². The highest BCUT2D eigenvalue weighted by atomic mass is 32.1. The number of carbonyl (C=O) groups is 2. The molecular weight excluding hydrogens is 307 g/mol. The summed E-state index contributed by atoms with van der Waals surface area (Å²) >= 11 is 1.37. The third kappa shape index (κ3) is 3.88. The van der Waals surface area contributed by atoms with Gasteiger partial charge in [0, 0.05) is 5.38 Å². The van der Waals surface area contributed by atoms with E-state index < -0.39 is 23.7 Å². The SMILES string of the molecule is CCCc1nc(C(=O)N[C@H](C(=O)O)c2ccc(F)cc2)cs1. The zero-order chi connectivity index (χ0) is 16.1. The second kappa shape index (κ2) is 7.13. The minimum atomic E-state index is -1.25. The summed E-state index contributed by atoms with van der Waals surface area (Å²) in [4.78, 5) is 27.6. The second-order valence-corrected chi connectivity index (χ2v) is 5.62. The maximum absolute atomic E-state index is 12.9. The van der Waals surface area contributed by atoms with Crippen molar-refractivity contribution in [1.29, 1.82) is 0 Å². The molecule has 1 aromatic carbocycles. The molecule has 2 aromatic rings. The van der Waals surface area contributed by atoms with Gasteiger partial charge < -0.3 is 10.4 Å². The number of rotatable bonds is 6. The summed E-state index contributed by atoms with van der Waals surface area (Å²) in [5.74, 6) is -2.25. The molecule has 1 heterocycles. The number of thiazole rings is 1. The number of hydrogen-bond acceptors (Lipinski definition) is 4. The van der Waals surface area contributed by atoms with E-state index in [2.05, 4.69) is 10.3 Å². The fourth-order valence-electron chi connectivity index (χ4n) is 1.89. The highest BCUT2D eigenvalue weighted by Gasteiger charge is 2.23. The Morgan fingerprint density at radius 3 is 2.64 bits per heavy atom. The third-order valence-corrected chi connectivity index (χ3v) is 3.88. The number of nitrogens with zero attached hydrogens (tertiary/aromatic N) is 1. The van der Waals surface area contributed by atoms with Crippen molar-refractivity contribution in [3.8, 4) is 0 Å². The van der Waals surface area contributed by atoms with Crippen LogP contribution in [-0.2, 0) is 11.2 Å². The largest absolute Gasteiger partial charge is 0.479 e. The molecule has 0 aliphatic rings. The lowest BCUT2D eigenvalue weighted by Crippen LogP contribution is -2.34. The third-order valence-electron chi connectivity index (χ3n) is 2.97. The lowest BCUT2D eigenvalue weighted by atomic mass is 10.1. The molecule has 1 amide bonds. The first-order valence-corrected chi connectivity index (χ1v) is 7.62. The molecule has 1 atom stereocenters. The molecule has 0 saturated heterocycles. The number of aryl methyl sites for hydroxylation is 1. The van der Waals surface area contributed by atoms with Gasteiger partial charge in [-0.3, -0.25) is 4.79 Å². The molecule has 0 aliphatic carbocycles. The van der Waals surface area contributed by atoms with Gasteiger partial charge in [-0.2, -0.15) is 0 Å². The van der Waals surface area contributed by atoms with E-state index in [-0.39, 0.29) is 5.69 Å². The summed E-state index contributed by atoms with van der Waals surface area (Å²) in [6, 6.07) is 3.72. The number of carboxylic acid groups (broad SMARTS) is 1. The number of nitrogens with one attached hydrogen (secondary N) is 1. The van der Waals surface area contributed by atoms with Crippen molar-refractivity contribution in [2.24, 2.45) is 0 Å². The van der Waals surface area contributed by atoms with E-state index in [0.717, 1.165) is 30.0 Å². The Morgan fingerprint density at radius 2 is 2.05 bits per heavy atom. The Kier molecular flexibility index (Phi) is 5.21. The van der Waals surface area contributed by atoms with Crippen molar-refractivity contribution in [2.75, 3.05) is 0 Å². The maximum atomic E-state index is 12.9. The highest BCUT2D eigenvalue weighted by Crippen LogP contribution is 2.16. The molecule has 1 aromatic heterocycles. The van der Waals surface area contributed by atoms with Crippen molar-refractivity contribution in [2.45, 2.75) is 25.8 Å². The van der Waals surface area contributed by atoms with Crippen LogP contribution in [0, 0.1) is 5.82 Å². The molecular formula is C15H15FN2O3S. The molecule has 0 radical (unpaired) electrons. The van der Waals surface area contributed by atoms with Gasteiger partial charge in [0.1, 0.15) is 11.5 Å². The number of carbonyl (C=O) groups excluding carboxylic acids is 1. The van der Waals surface area contributed by atoms with Crippen LogP contribution >= 0.6 is 11.3 Å². The van der Waals surface area contributed by atoms with Crippen LogP contribution in [0.2, 0.25) is 0 Å². The van der Waals surface area contributed by atoms with E-state index in [1.165, 1.54) is 23.5 Å². The quantitative estimate of drug-likeness (QED) is 0.857. The Morgan fingerprint density at radius 1 is 1.36 bits per heavy atom. The van der Waals surface area contributed by atoms with Crippen LogP contribution in [0.1, 0.15) is 40.4 Å². The summed E-state index contributed by atoms with van der Waals surface area (Å²) in [5.41, 5.74) is 0.494. The minimum absolute atomic E-state index is 0.196. The van der Waals surface area contributed by atoms with Gasteiger partial charge in [-0.25, -0.2) is 14.2 Å². The predicted molar refractivity (Wildman–Crippen MR) is 80.4 cm³/mol. The molecule has 0 saturated carbocycles. The molecule has 2 rings (SSSR count). The fourth-order valence-corrected chi connectivity index (χ4v) is 2.77. The molecule has 22 heavy (non-hydrogen) atoms. The summed E-state index contributed by atoms with van der Waals surface area (Å²) in [7, 11) is 0. The average Bonchev–Trinajstić information content (AvgIpc) is 2.94. The number of hydrogen-bond donors (Lipinski definition) is 2. The first kappa shape index (κ1) is 16.1. The normalized spacial score (nSPS) is 11.9. The summed E-state index contributed by atoms with van der Waals surface area (Å²) in [6.45, 7) is 2.01. The van der Waals surface area contributed by atoms with Gasteiger partial charge >= 0.3 is 5.97 Å². The van der Waals surface area contributed by atoms with Crippen LogP contribution in [0.3, 0.4) is 0 Å². The Hall–Kier alpha value is -2.28. The standard InChI is InChI=1S/C15H15FN2O3S/c1-2-3-12-17-11(8-22-12)14(19)18-13(15(20)21)9-4-6-10(16)7-5-9/h4-8,13H,2-3H2,1H3,(H,18,19)(H,20,21)/t13-/m0/s1. The minimum Gasteiger partial charge on any atom is -0.479 e. The van der Waals surface area contributed by atoms with Gasteiger partial charge in [-0.15, -0.1) is 11.3 Å². The summed E-state index contributed by atoms with van der Waals surface area (Å²) < 4.78 is 12.9. The van der Waals surface area contributed by atoms with Crippen molar-refractivity contribution < 1.29 is 19.1 Å². The molecule has 0 unspecified atom stereocenters. The first-order chi connectivity index (χ1) is 10.5. The molecule has 2 N–H and O–H groups in total. The second-order valence-electron chi connectivity index (χ2n) is 4.67. The van der Waals surface area contributed by atoms with Gasteiger partial charge in [0.25, 0.3) is 5.91 Å². The van der Waals surface area contributed by atoms with E-state index in [0.29, 0.717) is 5.56 Å². The summed E-state index contributed by atoms with van der Waals surface area (Å²) in [6.07, 6.45) is 1.69. The van der Waals surface area contributed by atoms with Crippen LogP contribution in [-0.4, -0.2) is 22.0 Å². The van der Waals surface area contributed by atoms with Crippen LogP contribution < -0.4 is 5.32 Å². The first-order valence-electron chi connectivity index (χ1n) is 6.74. The predicted octanol–water partition coefficient (Wildman–Crippen LogP) is 2.79. The molecule has 0 fully saturated rings. The highest BCUT2D eigenvalue weighted by molar-refractivity contribution is 7.09. The van der Waals surface area contributed by atoms with E-state index in [4.69, 9.17) is 0 Å². The van der Waals surface area contributed by atoms with Crippen molar-refractivity contribution in [1.82, 2.24) is 10.3 Å². The zero-order valence-electron chi connectivity index (χ0n) is 11.9. The molecule has 0 spiro atoms. The molecule has 0 bridgehead atoms. The van der Waals surface area contributed by atoms with E-state index in [1.54, 1.807) is 5.38 Å². The Balaban J connectivity index is 2.14. The van der Waals surface area contributed by atoms with Crippen LogP contribution in [0.15, 0.2) is 29.6 Å². The van der Waals surface area contributed by atoms with Crippen LogP contribution in [0.25, 0.3) is 0 Å². The number of benzene rings is 1. The number of aliphatic carboxylic acids is 1. The molecule has 0 aliphatic heterocycles. The van der Waals surface area contributed by atoms with Gasteiger partial charge in [-0.05, 0) is 30.5 Å². The van der Waals surface area contributed by atoms with Crippen molar-refractivity contribution in [3.63, 3.8) is 0 Å². The number of halogens is 1. The molecule has 116 valence electrons. The zero-order valence-corrected chi connectivity index (χ0v) is 12.7. The fraction of sp³-hybridized carbons (Fsp3) is 0.267. The van der Waals surface area contributed by atoms with Gasteiger partial charge in [0.15, 0.2) is 6.04 Å². The number of carboxylic acids is 1. The lowest BCUT2D eigenvalue weighted by Gasteiger charge is -2.14. The van der Waals surface area contributed by atoms with Crippen molar-refractivity contribution in [3.05, 3.63) is 51.7 Å². The molecule has 7 heteroatoms. The molecule has 5 nitrogen and oxygen atoms in total.